The number of fused-ring (bicyclic) bond motifs is 3. The van der Waals surface area contributed by atoms with Crippen LogP contribution in [0.15, 0.2) is 72.8 Å². The number of hydrogen-bond donors (Lipinski definition) is 3. The number of anilines is 2. The van der Waals surface area contributed by atoms with Crippen molar-refractivity contribution in [3.05, 3.63) is 95.1 Å². The minimum atomic E-state index is -3.50. The standard InChI is InChI=1S/C36H42FN3O6Si/c1-22-33(47(3,4)37)31(18-32(43)39-20-26-12-6-5-11-25(26)17-28(39)21-41)46-36(22)29-14-7-8-15-30(29)40(35(36)45)19-24-10-9-13-27(16-24)38-34(44)23(2)42/h5-16,22-23,28,31,33,41-42H,17-21H2,1-4H3,(H,38,44)/t22-,23-,28-,31+,33-,36+/m0/s1. The van der Waals surface area contributed by atoms with Gasteiger partial charge in [0.25, 0.3) is 11.8 Å². The van der Waals surface area contributed by atoms with Gasteiger partial charge >= 0.3 is 0 Å². The number of nitrogens with zero attached hydrogens (tertiary/aromatic N) is 2. The minimum Gasteiger partial charge on any atom is -0.394 e. The van der Waals surface area contributed by atoms with Crippen LogP contribution in [-0.4, -0.2) is 66.1 Å². The van der Waals surface area contributed by atoms with Crippen molar-refractivity contribution in [2.24, 2.45) is 5.92 Å². The summed E-state index contributed by atoms with van der Waals surface area (Å²) in [6, 6.07) is 21.9. The zero-order chi connectivity index (χ0) is 33.7. The van der Waals surface area contributed by atoms with Crippen LogP contribution in [0, 0.1) is 5.92 Å². The Bertz CT molecular complexity index is 1690. The van der Waals surface area contributed by atoms with Crippen molar-refractivity contribution in [1.82, 2.24) is 4.90 Å². The van der Waals surface area contributed by atoms with E-state index < -0.39 is 49.6 Å². The van der Waals surface area contributed by atoms with Crippen molar-refractivity contribution < 1.29 is 33.4 Å². The Kier molecular flexibility index (Phi) is 8.86. The van der Waals surface area contributed by atoms with Crippen molar-refractivity contribution in [2.75, 3.05) is 16.8 Å². The molecular formula is C36H42FN3O6Si. The van der Waals surface area contributed by atoms with Gasteiger partial charge in [-0.05, 0) is 61.3 Å². The van der Waals surface area contributed by atoms with Gasteiger partial charge in [-0.1, -0.05) is 61.5 Å². The van der Waals surface area contributed by atoms with Crippen LogP contribution in [0.3, 0.4) is 0 Å². The monoisotopic (exact) mass is 659 g/mol. The van der Waals surface area contributed by atoms with Gasteiger partial charge in [0.05, 0.1) is 37.4 Å². The number of aliphatic hydroxyl groups excluding tert-OH is 2. The lowest BCUT2D eigenvalue weighted by atomic mass is 9.82. The Balaban J connectivity index is 1.31. The molecule has 3 amide bonds. The van der Waals surface area contributed by atoms with E-state index in [0.29, 0.717) is 29.9 Å². The summed E-state index contributed by atoms with van der Waals surface area (Å²) in [4.78, 5) is 44.0. The predicted molar refractivity (Wildman–Crippen MR) is 179 cm³/mol. The van der Waals surface area contributed by atoms with E-state index in [1.807, 2.05) is 61.5 Å². The summed E-state index contributed by atoms with van der Waals surface area (Å²) >= 11 is 0. The summed E-state index contributed by atoms with van der Waals surface area (Å²) in [5.41, 5.74) is 2.51. The zero-order valence-electron chi connectivity index (χ0n) is 27.2. The van der Waals surface area contributed by atoms with Gasteiger partial charge in [-0.15, -0.1) is 0 Å². The average molecular weight is 660 g/mol. The summed E-state index contributed by atoms with van der Waals surface area (Å²) in [5.74, 6) is -1.65. The van der Waals surface area contributed by atoms with E-state index in [4.69, 9.17) is 4.74 Å². The molecule has 0 saturated carbocycles. The second kappa shape index (κ2) is 12.6. The first-order valence-electron chi connectivity index (χ1n) is 16.2. The van der Waals surface area contributed by atoms with Gasteiger partial charge in [-0.2, -0.15) is 0 Å². The molecule has 3 aromatic carbocycles. The molecule has 11 heteroatoms. The molecule has 0 radical (unpaired) electrons. The smallest absolute Gasteiger partial charge is 0.264 e. The quantitative estimate of drug-likeness (QED) is 0.239. The fraction of sp³-hybridized carbons (Fsp3) is 0.417. The molecule has 0 unspecified atom stereocenters. The van der Waals surface area contributed by atoms with Gasteiger partial charge in [-0.25, -0.2) is 0 Å². The fourth-order valence-electron chi connectivity index (χ4n) is 7.87. The van der Waals surface area contributed by atoms with Gasteiger partial charge in [0.15, 0.2) is 5.60 Å². The van der Waals surface area contributed by atoms with Crippen molar-refractivity contribution in [3.63, 3.8) is 0 Å². The van der Waals surface area contributed by atoms with E-state index in [2.05, 4.69) is 5.32 Å². The zero-order valence-corrected chi connectivity index (χ0v) is 28.2. The summed E-state index contributed by atoms with van der Waals surface area (Å²) in [7, 11) is -3.50. The molecule has 3 aliphatic rings. The number of ether oxygens (including phenoxy) is 1. The first-order valence-corrected chi connectivity index (χ1v) is 19.1. The highest BCUT2D eigenvalue weighted by Gasteiger charge is 2.67. The third-order valence-electron chi connectivity index (χ3n) is 10.0. The molecule has 248 valence electrons. The molecule has 0 aromatic heterocycles. The topological polar surface area (TPSA) is 119 Å². The van der Waals surface area contributed by atoms with Crippen LogP contribution >= 0.6 is 0 Å². The Labute approximate surface area is 275 Å². The lowest BCUT2D eigenvalue weighted by Crippen LogP contribution is -2.48. The Morgan fingerprint density at radius 1 is 1.09 bits per heavy atom. The van der Waals surface area contributed by atoms with Gasteiger partial charge in [0.1, 0.15) is 6.10 Å². The maximum Gasteiger partial charge on any atom is 0.264 e. The van der Waals surface area contributed by atoms with Crippen LogP contribution in [0.5, 0.6) is 0 Å². The van der Waals surface area contributed by atoms with E-state index in [1.165, 1.54) is 6.92 Å². The van der Waals surface area contributed by atoms with Gasteiger partial charge in [0, 0.05) is 29.3 Å². The van der Waals surface area contributed by atoms with E-state index in [0.717, 1.165) is 16.7 Å². The number of carbonyl (C=O) groups is 3. The molecule has 1 fully saturated rings. The second-order valence-electron chi connectivity index (χ2n) is 13.6. The molecule has 3 aliphatic heterocycles. The van der Waals surface area contributed by atoms with E-state index in [9.17, 15) is 24.6 Å². The Morgan fingerprint density at radius 2 is 1.79 bits per heavy atom. The van der Waals surface area contributed by atoms with Gasteiger partial charge in [0.2, 0.25) is 14.3 Å². The highest BCUT2D eigenvalue weighted by Crippen LogP contribution is 2.60. The number of benzene rings is 3. The Hall–Kier alpha value is -3.90. The molecule has 6 rings (SSSR count). The molecule has 47 heavy (non-hydrogen) atoms. The summed E-state index contributed by atoms with van der Waals surface area (Å²) in [6.07, 6.45) is -1.59. The maximum atomic E-state index is 16.3. The molecule has 6 atom stereocenters. The number of para-hydroxylation sites is 1. The van der Waals surface area contributed by atoms with Crippen LogP contribution < -0.4 is 10.2 Å². The van der Waals surface area contributed by atoms with Crippen molar-refractivity contribution in [2.45, 2.75) is 82.3 Å². The first kappa shape index (κ1) is 33.0. The highest BCUT2D eigenvalue weighted by atomic mass is 28.4. The lowest BCUT2D eigenvalue weighted by molar-refractivity contribution is -0.151. The molecule has 9 nitrogen and oxygen atoms in total. The molecule has 1 spiro atoms. The SMILES string of the molecule is C[C@H](O)C(=O)Nc1cccc(CN2C(=O)[C@]3(O[C@H](CC(=O)N4Cc5ccccc5C[C@H]4CO)[C@@H]([Si](C)(C)F)[C@@H]3C)c3ccccc32)c1. The van der Waals surface area contributed by atoms with Gasteiger partial charge in [-0.3, -0.25) is 14.4 Å². The molecule has 0 aliphatic carbocycles. The first-order chi connectivity index (χ1) is 22.3. The largest absolute Gasteiger partial charge is 0.394 e. The molecule has 0 bridgehead atoms. The number of hydrogen-bond acceptors (Lipinski definition) is 6. The summed E-state index contributed by atoms with van der Waals surface area (Å²) < 4.78 is 23.1. The number of rotatable bonds is 8. The van der Waals surface area contributed by atoms with Crippen LogP contribution in [0.4, 0.5) is 15.5 Å². The number of aliphatic hydroxyl groups is 2. The normalized spacial score (nSPS) is 25.9. The van der Waals surface area contributed by atoms with E-state index in [-0.39, 0.29) is 31.4 Å². The highest BCUT2D eigenvalue weighted by molar-refractivity contribution is 6.72. The second-order valence-corrected chi connectivity index (χ2v) is 17.4. The predicted octanol–water partition coefficient (Wildman–Crippen LogP) is 4.66. The average Bonchev–Trinajstić information content (AvgIpc) is 3.46. The van der Waals surface area contributed by atoms with Crippen LogP contribution in [0.2, 0.25) is 18.6 Å². The third-order valence-corrected chi connectivity index (χ3v) is 12.5. The maximum absolute atomic E-state index is 16.3. The van der Waals surface area contributed by atoms with Crippen LogP contribution in [0.25, 0.3) is 0 Å². The molecular weight excluding hydrogens is 617 g/mol. The molecule has 3 aromatic rings. The van der Waals surface area contributed by atoms with Crippen LogP contribution in [0.1, 0.15) is 42.5 Å². The van der Waals surface area contributed by atoms with E-state index in [1.54, 1.807) is 41.1 Å². The minimum absolute atomic E-state index is 0.101. The molecule has 3 heterocycles. The lowest BCUT2D eigenvalue weighted by Gasteiger charge is -2.37. The summed E-state index contributed by atoms with van der Waals surface area (Å²) in [6.45, 7) is 6.79. The van der Waals surface area contributed by atoms with Gasteiger partial charge < -0.3 is 34.2 Å². The van der Waals surface area contributed by atoms with E-state index >= 15 is 4.11 Å². The summed E-state index contributed by atoms with van der Waals surface area (Å²) in [5, 5.41) is 22.5. The molecule has 1 saturated heterocycles. The van der Waals surface area contributed by atoms with Crippen molar-refractivity contribution in [1.29, 1.82) is 0 Å². The number of nitrogens with one attached hydrogen (secondary N) is 1. The van der Waals surface area contributed by atoms with Crippen molar-refractivity contribution >= 4 is 37.5 Å². The number of carbonyl (C=O) groups excluding carboxylic acids is 3. The third kappa shape index (κ3) is 5.90. The number of halogens is 1. The number of amides is 3. The fourth-order valence-corrected chi connectivity index (χ4v) is 10.4. The molecule has 3 N–H and O–H groups in total. The van der Waals surface area contributed by atoms with Crippen molar-refractivity contribution in [3.8, 4) is 0 Å². The van der Waals surface area contributed by atoms with Crippen LogP contribution in [-0.2, 0) is 44.2 Å². The Morgan fingerprint density at radius 3 is 2.49 bits per heavy atom.